The quantitative estimate of drug-likeness (QED) is 0.614. The fourth-order valence-corrected chi connectivity index (χ4v) is 4.64. The third-order valence-electron chi connectivity index (χ3n) is 5.81. The molecule has 0 radical (unpaired) electrons. The molecule has 0 atom stereocenters. The molecule has 3 aliphatic rings. The van der Waals surface area contributed by atoms with Gasteiger partial charge < -0.3 is 15.4 Å². The molecule has 1 heterocycles. The number of hydrogen-bond donors (Lipinski definition) is 2. The first-order chi connectivity index (χ1) is 14.9. The molecule has 2 amide bonds. The van der Waals surface area contributed by atoms with Crippen molar-refractivity contribution in [2.45, 2.75) is 30.3 Å². The zero-order chi connectivity index (χ0) is 21.6. The number of aromatic nitrogens is 2. The monoisotopic (exact) mass is 440 g/mol. The van der Waals surface area contributed by atoms with Gasteiger partial charge in [0.05, 0.1) is 16.1 Å². The second-order valence-electron chi connectivity index (χ2n) is 8.22. The summed E-state index contributed by atoms with van der Waals surface area (Å²) in [6, 6.07) is 9.24. The highest BCUT2D eigenvalue weighted by molar-refractivity contribution is 6.30. The Hall–Kier alpha value is -3.26. The maximum absolute atomic E-state index is 13.4. The summed E-state index contributed by atoms with van der Waals surface area (Å²) in [6.07, 6.45) is 5.20. The number of carbonyl (C=O) groups is 2. The molecule has 158 valence electrons. The number of fused-ring (bicyclic) bond motifs is 1. The Bertz CT molecular complexity index is 1200. The number of amides is 2. The average Bonchev–Trinajstić information content (AvgIpc) is 2.71. The van der Waals surface area contributed by atoms with Crippen LogP contribution in [-0.2, 0) is 4.79 Å². The third-order valence-corrected chi connectivity index (χ3v) is 6.11. The van der Waals surface area contributed by atoms with Crippen molar-refractivity contribution in [2.24, 2.45) is 0 Å². The SMILES string of the molecule is O=C(COc1ccc(Cl)c(F)c1)NC12CC(NC(=O)c3ccc4nccnc4c3)(C1)C2. The maximum atomic E-state index is 13.4. The maximum Gasteiger partial charge on any atom is 0.258 e. The highest BCUT2D eigenvalue weighted by Gasteiger charge is 2.69. The van der Waals surface area contributed by atoms with E-state index in [9.17, 15) is 14.0 Å². The van der Waals surface area contributed by atoms with E-state index in [1.165, 1.54) is 12.1 Å². The van der Waals surface area contributed by atoms with Crippen molar-refractivity contribution < 1.29 is 18.7 Å². The van der Waals surface area contributed by atoms with E-state index in [1.807, 2.05) is 0 Å². The summed E-state index contributed by atoms with van der Waals surface area (Å²) in [5.74, 6) is -0.822. The lowest BCUT2D eigenvalue weighted by molar-refractivity contribution is -0.141. The van der Waals surface area contributed by atoms with E-state index in [0.29, 0.717) is 30.3 Å². The van der Waals surface area contributed by atoms with Gasteiger partial charge in [0.2, 0.25) is 0 Å². The van der Waals surface area contributed by atoms with E-state index >= 15 is 0 Å². The van der Waals surface area contributed by atoms with Crippen LogP contribution in [0.4, 0.5) is 4.39 Å². The molecule has 6 rings (SSSR count). The summed E-state index contributed by atoms with van der Waals surface area (Å²) in [5.41, 5.74) is 1.32. The Morgan fingerprint density at radius 2 is 1.71 bits per heavy atom. The van der Waals surface area contributed by atoms with Crippen LogP contribution in [-0.4, -0.2) is 39.5 Å². The van der Waals surface area contributed by atoms with Crippen LogP contribution in [0.1, 0.15) is 29.6 Å². The normalized spacial score (nSPS) is 23.4. The molecule has 2 bridgehead atoms. The number of ether oxygens (including phenoxy) is 1. The second-order valence-corrected chi connectivity index (χ2v) is 8.62. The molecule has 0 unspecified atom stereocenters. The van der Waals surface area contributed by atoms with Crippen molar-refractivity contribution in [1.29, 1.82) is 0 Å². The van der Waals surface area contributed by atoms with Crippen LogP contribution in [0.15, 0.2) is 48.8 Å². The third kappa shape index (κ3) is 3.67. The number of rotatable bonds is 6. The second kappa shape index (κ2) is 7.16. The molecular weight excluding hydrogens is 423 g/mol. The summed E-state index contributed by atoms with van der Waals surface area (Å²) in [6.45, 7) is -0.222. The number of halogens is 2. The first kappa shape index (κ1) is 19.7. The zero-order valence-electron chi connectivity index (χ0n) is 16.3. The smallest absolute Gasteiger partial charge is 0.258 e. The molecular formula is C22H18ClFN4O3. The van der Waals surface area contributed by atoms with Crippen LogP contribution < -0.4 is 15.4 Å². The first-order valence-electron chi connectivity index (χ1n) is 9.78. The predicted molar refractivity (Wildman–Crippen MR) is 111 cm³/mol. The number of carbonyl (C=O) groups excluding carboxylic acids is 2. The molecule has 0 spiro atoms. The summed E-state index contributed by atoms with van der Waals surface area (Å²) in [4.78, 5) is 33.3. The van der Waals surface area contributed by atoms with E-state index in [2.05, 4.69) is 20.6 Å². The minimum absolute atomic E-state index is 0.00497. The van der Waals surface area contributed by atoms with Crippen LogP contribution in [0.2, 0.25) is 5.02 Å². The van der Waals surface area contributed by atoms with Gasteiger partial charge in [-0.3, -0.25) is 19.6 Å². The van der Waals surface area contributed by atoms with Crippen molar-refractivity contribution in [3.63, 3.8) is 0 Å². The van der Waals surface area contributed by atoms with E-state index < -0.39 is 5.82 Å². The Balaban J connectivity index is 1.12. The first-order valence-corrected chi connectivity index (χ1v) is 10.2. The summed E-state index contributed by atoms with van der Waals surface area (Å²) in [5, 5.41) is 6.04. The van der Waals surface area contributed by atoms with Gasteiger partial charge in [0.25, 0.3) is 11.8 Å². The van der Waals surface area contributed by atoms with E-state index in [4.69, 9.17) is 16.3 Å². The van der Waals surface area contributed by atoms with Gasteiger partial charge >= 0.3 is 0 Å². The van der Waals surface area contributed by atoms with Gasteiger partial charge in [0.1, 0.15) is 11.6 Å². The standard InChI is InChI=1S/C22H18ClFN4O3/c23-15-3-2-14(8-16(15)24)31-9-19(29)27-21-10-22(11-21,12-21)28-20(30)13-1-4-17-18(7-13)26-6-5-25-17/h1-8H,9-12H2,(H,27,29)(H,28,30). The Morgan fingerprint density at radius 3 is 2.45 bits per heavy atom. The predicted octanol–water partition coefficient (Wildman–Crippen LogP) is 3.02. The van der Waals surface area contributed by atoms with Crippen LogP contribution in [0.3, 0.4) is 0 Å². The Labute approximate surface area is 182 Å². The molecule has 0 saturated heterocycles. The lowest BCUT2D eigenvalue weighted by Crippen LogP contribution is -2.84. The molecule has 3 fully saturated rings. The lowest BCUT2D eigenvalue weighted by atomic mass is 9.44. The molecule has 2 aromatic carbocycles. The number of nitrogens with one attached hydrogen (secondary N) is 2. The van der Waals surface area contributed by atoms with E-state index in [-0.39, 0.29) is 40.3 Å². The molecule has 3 aromatic rings. The minimum atomic E-state index is -0.602. The van der Waals surface area contributed by atoms with Crippen LogP contribution in [0.5, 0.6) is 5.75 Å². The van der Waals surface area contributed by atoms with E-state index in [0.717, 1.165) is 11.6 Å². The van der Waals surface area contributed by atoms with E-state index in [1.54, 1.807) is 30.6 Å². The molecule has 3 aliphatic carbocycles. The zero-order valence-corrected chi connectivity index (χ0v) is 17.1. The number of nitrogens with zero attached hydrogens (tertiary/aromatic N) is 2. The van der Waals surface area contributed by atoms with Crippen LogP contribution in [0, 0.1) is 5.82 Å². The summed E-state index contributed by atoms with van der Waals surface area (Å²) in [7, 11) is 0. The Kier molecular flexibility index (Phi) is 4.55. The average molecular weight is 441 g/mol. The fraction of sp³-hybridized carbons (Fsp3) is 0.273. The highest BCUT2D eigenvalue weighted by atomic mass is 35.5. The number of hydrogen-bond acceptors (Lipinski definition) is 5. The van der Waals surface area contributed by atoms with Crippen molar-refractivity contribution in [3.8, 4) is 5.75 Å². The summed E-state index contributed by atoms with van der Waals surface area (Å²) >= 11 is 5.63. The van der Waals surface area contributed by atoms with Crippen molar-refractivity contribution in [3.05, 3.63) is 65.2 Å². The molecule has 2 N–H and O–H groups in total. The van der Waals surface area contributed by atoms with Crippen molar-refractivity contribution >= 4 is 34.4 Å². The van der Waals surface area contributed by atoms with Gasteiger partial charge in [0, 0.05) is 35.1 Å². The Morgan fingerprint density at radius 1 is 1.00 bits per heavy atom. The van der Waals surface area contributed by atoms with Gasteiger partial charge in [-0.1, -0.05) is 11.6 Å². The topological polar surface area (TPSA) is 93.2 Å². The summed E-state index contributed by atoms with van der Waals surface area (Å²) < 4.78 is 18.8. The number of benzene rings is 2. The van der Waals surface area contributed by atoms with Crippen LogP contribution in [0.25, 0.3) is 11.0 Å². The lowest BCUT2D eigenvalue weighted by Gasteiger charge is -2.70. The molecule has 31 heavy (non-hydrogen) atoms. The van der Waals surface area contributed by atoms with Gasteiger partial charge in [-0.05, 0) is 49.6 Å². The largest absolute Gasteiger partial charge is 0.484 e. The molecule has 3 saturated carbocycles. The van der Waals surface area contributed by atoms with Gasteiger partial charge in [0.15, 0.2) is 6.61 Å². The molecule has 1 aromatic heterocycles. The molecule has 9 heteroatoms. The molecule has 0 aliphatic heterocycles. The highest BCUT2D eigenvalue weighted by Crippen LogP contribution is 2.60. The van der Waals surface area contributed by atoms with Gasteiger partial charge in [-0.2, -0.15) is 0 Å². The van der Waals surface area contributed by atoms with Crippen molar-refractivity contribution in [2.75, 3.05) is 6.61 Å². The molecule has 7 nitrogen and oxygen atoms in total. The van der Waals surface area contributed by atoms with Crippen molar-refractivity contribution in [1.82, 2.24) is 20.6 Å². The van der Waals surface area contributed by atoms with Gasteiger partial charge in [-0.15, -0.1) is 0 Å². The van der Waals surface area contributed by atoms with Crippen LogP contribution >= 0.6 is 11.6 Å². The minimum Gasteiger partial charge on any atom is -0.484 e. The van der Waals surface area contributed by atoms with Gasteiger partial charge in [-0.25, -0.2) is 4.39 Å². The fourth-order valence-electron chi connectivity index (χ4n) is 4.52.